The van der Waals surface area contributed by atoms with Crippen LogP contribution in [-0.4, -0.2) is 11.3 Å². The number of nitrogens with zero attached hydrogens (tertiary/aromatic N) is 2. The van der Waals surface area contributed by atoms with E-state index in [0.29, 0.717) is 22.9 Å². The van der Waals surface area contributed by atoms with Crippen molar-refractivity contribution < 1.29 is 9.53 Å². The number of benzene rings is 1. The standard InChI is InChI=1S/C13H8N2O2/c14-8-11-2-1-3-13(15-11)17-12-6-4-10(9-16)5-7-12/h1-7,9H. The molecule has 0 bridgehead atoms. The molecule has 0 aliphatic heterocycles. The summed E-state index contributed by atoms with van der Waals surface area (Å²) in [4.78, 5) is 14.4. The van der Waals surface area contributed by atoms with Gasteiger partial charge in [0.05, 0.1) is 0 Å². The number of rotatable bonds is 3. The van der Waals surface area contributed by atoms with Gasteiger partial charge in [-0.05, 0) is 30.3 Å². The maximum atomic E-state index is 10.5. The number of aromatic nitrogens is 1. The number of pyridine rings is 1. The minimum Gasteiger partial charge on any atom is -0.439 e. The molecular weight excluding hydrogens is 216 g/mol. The lowest BCUT2D eigenvalue weighted by molar-refractivity contribution is 0.112. The number of ether oxygens (including phenoxy) is 1. The highest BCUT2D eigenvalue weighted by atomic mass is 16.5. The number of hydrogen-bond donors (Lipinski definition) is 0. The van der Waals surface area contributed by atoms with E-state index in [-0.39, 0.29) is 0 Å². The molecule has 0 saturated carbocycles. The van der Waals surface area contributed by atoms with E-state index in [1.54, 1.807) is 42.5 Å². The van der Waals surface area contributed by atoms with Crippen LogP contribution in [0.5, 0.6) is 11.6 Å². The molecule has 0 amide bonds. The number of carbonyl (C=O) groups excluding carboxylic acids is 1. The number of hydrogen-bond acceptors (Lipinski definition) is 4. The summed E-state index contributed by atoms with van der Waals surface area (Å²) in [5, 5.41) is 8.69. The molecule has 1 heterocycles. The maximum absolute atomic E-state index is 10.5. The van der Waals surface area contributed by atoms with Crippen molar-refractivity contribution in [3.8, 4) is 17.7 Å². The molecular formula is C13H8N2O2. The highest BCUT2D eigenvalue weighted by Gasteiger charge is 2.00. The van der Waals surface area contributed by atoms with Crippen molar-refractivity contribution in [3.63, 3.8) is 0 Å². The van der Waals surface area contributed by atoms with Crippen molar-refractivity contribution in [2.45, 2.75) is 0 Å². The molecule has 0 aliphatic carbocycles. The topological polar surface area (TPSA) is 63.0 Å². The van der Waals surface area contributed by atoms with E-state index in [0.717, 1.165) is 6.29 Å². The zero-order chi connectivity index (χ0) is 12.1. The Hall–Kier alpha value is -2.67. The van der Waals surface area contributed by atoms with Crippen molar-refractivity contribution in [1.29, 1.82) is 5.26 Å². The average Bonchev–Trinajstić information content (AvgIpc) is 2.40. The molecule has 17 heavy (non-hydrogen) atoms. The van der Waals surface area contributed by atoms with Crippen molar-refractivity contribution in [1.82, 2.24) is 4.98 Å². The molecule has 4 heteroatoms. The molecule has 0 N–H and O–H groups in total. The number of nitriles is 1. The van der Waals surface area contributed by atoms with E-state index in [1.807, 2.05) is 6.07 Å². The zero-order valence-corrected chi connectivity index (χ0v) is 8.83. The van der Waals surface area contributed by atoms with Gasteiger partial charge in [-0.15, -0.1) is 0 Å². The Balaban J connectivity index is 2.19. The largest absolute Gasteiger partial charge is 0.439 e. The summed E-state index contributed by atoms with van der Waals surface area (Å²) in [7, 11) is 0. The maximum Gasteiger partial charge on any atom is 0.220 e. The molecule has 4 nitrogen and oxygen atoms in total. The van der Waals surface area contributed by atoms with E-state index in [4.69, 9.17) is 10.00 Å². The highest BCUT2D eigenvalue weighted by Crippen LogP contribution is 2.19. The van der Waals surface area contributed by atoms with Gasteiger partial charge in [-0.2, -0.15) is 5.26 Å². The summed E-state index contributed by atoms with van der Waals surface area (Å²) in [5.74, 6) is 0.918. The Morgan fingerprint density at radius 1 is 1.18 bits per heavy atom. The first-order valence-electron chi connectivity index (χ1n) is 4.92. The van der Waals surface area contributed by atoms with Gasteiger partial charge < -0.3 is 4.74 Å². The quantitative estimate of drug-likeness (QED) is 0.751. The third kappa shape index (κ3) is 2.67. The van der Waals surface area contributed by atoms with E-state index in [2.05, 4.69) is 4.98 Å². The van der Waals surface area contributed by atoms with Crippen molar-refractivity contribution in [3.05, 3.63) is 53.7 Å². The monoisotopic (exact) mass is 224 g/mol. The van der Waals surface area contributed by atoms with Crippen LogP contribution in [0.25, 0.3) is 0 Å². The van der Waals surface area contributed by atoms with Gasteiger partial charge in [-0.3, -0.25) is 4.79 Å². The molecule has 0 unspecified atom stereocenters. The van der Waals surface area contributed by atoms with Crippen LogP contribution in [0.15, 0.2) is 42.5 Å². The van der Waals surface area contributed by atoms with E-state index >= 15 is 0 Å². The van der Waals surface area contributed by atoms with E-state index in [1.165, 1.54) is 0 Å². The smallest absolute Gasteiger partial charge is 0.220 e. The Labute approximate surface area is 98.1 Å². The molecule has 1 aromatic carbocycles. The average molecular weight is 224 g/mol. The molecule has 0 saturated heterocycles. The first-order chi connectivity index (χ1) is 8.31. The Bertz CT molecular complexity index is 571. The van der Waals surface area contributed by atoms with E-state index in [9.17, 15) is 4.79 Å². The second kappa shape index (κ2) is 4.90. The lowest BCUT2D eigenvalue weighted by Gasteiger charge is -2.04. The van der Waals surface area contributed by atoms with Crippen LogP contribution in [0.3, 0.4) is 0 Å². The molecule has 0 aliphatic rings. The summed E-state index contributed by atoms with van der Waals surface area (Å²) in [6.07, 6.45) is 0.762. The fraction of sp³-hybridized carbons (Fsp3) is 0. The molecule has 1 aromatic heterocycles. The summed E-state index contributed by atoms with van der Waals surface area (Å²) in [5.41, 5.74) is 0.878. The SMILES string of the molecule is N#Cc1cccc(Oc2ccc(C=O)cc2)n1. The van der Waals surface area contributed by atoms with Crippen LogP contribution < -0.4 is 4.74 Å². The Kier molecular flexibility index (Phi) is 3.13. The van der Waals surface area contributed by atoms with Crippen LogP contribution in [0.1, 0.15) is 16.1 Å². The first kappa shape index (κ1) is 10.8. The molecule has 2 aromatic rings. The van der Waals surface area contributed by atoms with Crippen LogP contribution >= 0.6 is 0 Å². The summed E-state index contributed by atoms with van der Waals surface area (Å²) >= 11 is 0. The van der Waals surface area contributed by atoms with E-state index < -0.39 is 0 Å². The van der Waals surface area contributed by atoms with Gasteiger partial charge in [0.1, 0.15) is 23.8 Å². The number of carbonyl (C=O) groups is 1. The van der Waals surface area contributed by atoms with Crippen LogP contribution in [0.2, 0.25) is 0 Å². The van der Waals surface area contributed by atoms with Gasteiger partial charge in [0.2, 0.25) is 5.88 Å². The van der Waals surface area contributed by atoms with Crippen LogP contribution in [0, 0.1) is 11.3 Å². The van der Waals surface area contributed by atoms with Crippen molar-refractivity contribution in [2.24, 2.45) is 0 Å². The molecule has 0 atom stereocenters. The zero-order valence-electron chi connectivity index (χ0n) is 8.83. The molecule has 0 fully saturated rings. The second-order valence-corrected chi connectivity index (χ2v) is 3.26. The normalized spacial score (nSPS) is 9.35. The van der Waals surface area contributed by atoms with Gasteiger partial charge >= 0.3 is 0 Å². The molecule has 2 rings (SSSR count). The summed E-state index contributed by atoms with van der Waals surface area (Å²) < 4.78 is 5.44. The minimum atomic E-state index is 0.298. The van der Waals surface area contributed by atoms with Gasteiger partial charge in [-0.1, -0.05) is 6.07 Å². The first-order valence-corrected chi connectivity index (χ1v) is 4.92. The molecule has 0 radical (unpaired) electrons. The Morgan fingerprint density at radius 3 is 2.59 bits per heavy atom. The highest BCUT2D eigenvalue weighted by molar-refractivity contribution is 5.74. The predicted molar refractivity (Wildman–Crippen MR) is 60.9 cm³/mol. The van der Waals surface area contributed by atoms with Crippen LogP contribution in [0.4, 0.5) is 0 Å². The lowest BCUT2D eigenvalue weighted by Crippen LogP contribution is -1.90. The van der Waals surface area contributed by atoms with Crippen molar-refractivity contribution in [2.75, 3.05) is 0 Å². The Morgan fingerprint density at radius 2 is 1.94 bits per heavy atom. The molecule has 0 spiro atoms. The predicted octanol–water partition coefficient (Wildman–Crippen LogP) is 2.56. The van der Waals surface area contributed by atoms with Gasteiger partial charge in [-0.25, -0.2) is 4.98 Å². The second-order valence-electron chi connectivity index (χ2n) is 3.26. The lowest BCUT2D eigenvalue weighted by atomic mass is 10.2. The summed E-state index contributed by atoms with van der Waals surface area (Å²) in [6.45, 7) is 0. The minimum absolute atomic E-state index is 0.298. The fourth-order valence-electron chi connectivity index (χ4n) is 1.27. The van der Waals surface area contributed by atoms with Gasteiger partial charge in [0, 0.05) is 11.6 Å². The fourth-order valence-corrected chi connectivity index (χ4v) is 1.27. The number of aldehydes is 1. The van der Waals surface area contributed by atoms with Crippen molar-refractivity contribution >= 4 is 6.29 Å². The molecule has 82 valence electrons. The van der Waals surface area contributed by atoms with Gasteiger partial charge in [0.15, 0.2) is 0 Å². The van der Waals surface area contributed by atoms with Crippen LogP contribution in [-0.2, 0) is 0 Å². The third-order valence-corrected chi connectivity index (χ3v) is 2.08. The third-order valence-electron chi connectivity index (χ3n) is 2.08. The van der Waals surface area contributed by atoms with Gasteiger partial charge in [0.25, 0.3) is 0 Å². The summed E-state index contributed by atoms with van der Waals surface area (Å²) in [6, 6.07) is 13.5.